The minimum atomic E-state index is -1.02. The van der Waals surface area contributed by atoms with Gasteiger partial charge in [0.15, 0.2) is 0 Å². The van der Waals surface area contributed by atoms with E-state index >= 15 is 0 Å². The van der Waals surface area contributed by atoms with Gasteiger partial charge in [0.2, 0.25) is 5.91 Å². The van der Waals surface area contributed by atoms with Crippen LogP contribution >= 0.6 is 11.8 Å². The van der Waals surface area contributed by atoms with E-state index in [0.717, 1.165) is 47.3 Å². The molecule has 2 aromatic carbocycles. The van der Waals surface area contributed by atoms with E-state index in [0.29, 0.717) is 5.25 Å². The standard InChI is InChI=1S/C27H32N2O5S/c1-2-35-18-12-11-17(15-18)28-26(32)24(13-14-25(30)31)29-27(33)34-16-23-21-9-5-3-7-19(21)20-8-4-6-10-22(20)23/h3-10,17-18,23-24H,2,11-16H2,1H3,(H,28,32)(H,29,33)(H,30,31). The number of nitrogens with one attached hydrogen (secondary N) is 2. The average Bonchev–Trinajstić information content (AvgIpc) is 3.42. The first-order chi connectivity index (χ1) is 17.0. The molecule has 3 atom stereocenters. The number of amides is 2. The number of carbonyl (C=O) groups is 3. The van der Waals surface area contributed by atoms with Gasteiger partial charge in [0, 0.05) is 23.6 Å². The molecule has 0 spiro atoms. The number of ether oxygens (including phenoxy) is 1. The third-order valence-electron chi connectivity index (χ3n) is 6.73. The van der Waals surface area contributed by atoms with Crippen molar-refractivity contribution in [2.24, 2.45) is 0 Å². The summed E-state index contributed by atoms with van der Waals surface area (Å²) in [7, 11) is 0. The molecule has 1 fully saturated rings. The van der Waals surface area contributed by atoms with E-state index in [4.69, 9.17) is 9.84 Å². The van der Waals surface area contributed by atoms with Crippen molar-refractivity contribution in [2.75, 3.05) is 12.4 Å². The number of carbonyl (C=O) groups excluding carboxylic acids is 2. The van der Waals surface area contributed by atoms with Crippen molar-refractivity contribution in [2.45, 2.75) is 62.3 Å². The van der Waals surface area contributed by atoms with Crippen LogP contribution in [0.5, 0.6) is 0 Å². The lowest BCUT2D eigenvalue weighted by molar-refractivity contribution is -0.137. The maximum Gasteiger partial charge on any atom is 0.407 e. The maximum absolute atomic E-state index is 12.9. The van der Waals surface area contributed by atoms with Gasteiger partial charge < -0.3 is 20.5 Å². The number of hydrogen-bond donors (Lipinski definition) is 3. The van der Waals surface area contributed by atoms with Gasteiger partial charge in [-0.15, -0.1) is 0 Å². The summed E-state index contributed by atoms with van der Waals surface area (Å²) in [4.78, 5) is 36.7. The van der Waals surface area contributed by atoms with Gasteiger partial charge in [-0.1, -0.05) is 55.5 Å². The first-order valence-electron chi connectivity index (χ1n) is 12.2. The molecule has 4 rings (SSSR count). The summed E-state index contributed by atoms with van der Waals surface area (Å²) in [5.41, 5.74) is 4.46. The Morgan fingerprint density at radius 3 is 2.34 bits per heavy atom. The second-order valence-electron chi connectivity index (χ2n) is 9.05. The van der Waals surface area contributed by atoms with Crippen LogP contribution in [0.3, 0.4) is 0 Å². The summed E-state index contributed by atoms with van der Waals surface area (Å²) in [5, 5.41) is 15.3. The number of rotatable bonds is 10. The van der Waals surface area contributed by atoms with Crippen molar-refractivity contribution in [3.8, 4) is 11.1 Å². The van der Waals surface area contributed by atoms with Gasteiger partial charge in [-0.3, -0.25) is 9.59 Å². The van der Waals surface area contributed by atoms with Gasteiger partial charge in [0.25, 0.3) is 0 Å². The largest absolute Gasteiger partial charge is 0.481 e. The van der Waals surface area contributed by atoms with Crippen molar-refractivity contribution in [1.82, 2.24) is 10.6 Å². The number of alkyl carbamates (subject to hydrolysis) is 1. The monoisotopic (exact) mass is 496 g/mol. The molecule has 186 valence electrons. The molecule has 2 amide bonds. The molecule has 0 aliphatic heterocycles. The highest BCUT2D eigenvalue weighted by Crippen LogP contribution is 2.44. The van der Waals surface area contributed by atoms with Crippen LogP contribution in [0.2, 0.25) is 0 Å². The number of aliphatic carboxylic acids is 1. The molecule has 0 radical (unpaired) electrons. The predicted octanol–water partition coefficient (Wildman–Crippen LogP) is 4.55. The Bertz CT molecular complexity index is 1030. The van der Waals surface area contributed by atoms with Gasteiger partial charge in [-0.2, -0.15) is 11.8 Å². The zero-order valence-electron chi connectivity index (χ0n) is 19.9. The van der Waals surface area contributed by atoms with Gasteiger partial charge in [0.1, 0.15) is 12.6 Å². The molecule has 35 heavy (non-hydrogen) atoms. The van der Waals surface area contributed by atoms with E-state index in [-0.39, 0.29) is 37.3 Å². The summed E-state index contributed by atoms with van der Waals surface area (Å²) >= 11 is 1.89. The van der Waals surface area contributed by atoms with E-state index in [1.165, 1.54) is 0 Å². The minimum absolute atomic E-state index is 0.00518. The van der Waals surface area contributed by atoms with Gasteiger partial charge in [-0.25, -0.2) is 4.79 Å². The molecule has 3 unspecified atom stereocenters. The predicted molar refractivity (Wildman–Crippen MR) is 137 cm³/mol. The van der Waals surface area contributed by atoms with Crippen molar-refractivity contribution in [3.63, 3.8) is 0 Å². The molecule has 1 saturated carbocycles. The van der Waals surface area contributed by atoms with Gasteiger partial charge in [-0.05, 0) is 53.7 Å². The number of fused-ring (bicyclic) bond motifs is 3. The smallest absolute Gasteiger partial charge is 0.407 e. The first-order valence-corrected chi connectivity index (χ1v) is 13.3. The van der Waals surface area contributed by atoms with E-state index in [1.54, 1.807) is 0 Å². The molecular formula is C27H32N2O5S. The fourth-order valence-corrected chi connectivity index (χ4v) is 6.22. The number of thioether (sulfide) groups is 1. The van der Waals surface area contributed by atoms with Crippen molar-refractivity contribution in [3.05, 3.63) is 59.7 Å². The molecule has 2 aliphatic carbocycles. The van der Waals surface area contributed by atoms with Crippen LogP contribution in [0.25, 0.3) is 11.1 Å². The summed E-state index contributed by atoms with van der Waals surface area (Å²) in [6.45, 7) is 2.25. The Kier molecular flexibility index (Phi) is 8.33. The third kappa shape index (κ3) is 6.17. The fraction of sp³-hybridized carbons (Fsp3) is 0.444. The molecule has 2 aromatic rings. The van der Waals surface area contributed by atoms with E-state index in [9.17, 15) is 14.4 Å². The number of carboxylic acid groups (broad SMARTS) is 1. The van der Waals surface area contributed by atoms with Crippen molar-refractivity contribution < 1.29 is 24.2 Å². The SMILES string of the molecule is CCSC1CCC(NC(=O)C(CCC(=O)O)NC(=O)OCC2c3ccccc3-c3ccccc32)C1. The number of hydrogen-bond acceptors (Lipinski definition) is 5. The summed E-state index contributed by atoms with van der Waals surface area (Å²) in [5.74, 6) is -0.425. The van der Waals surface area contributed by atoms with Crippen LogP contribution in [-0.2, 0) is 14.3 Å². The lowest BCUT2D eigenvalue weighted by atomic mass is 9.98. The minimum Gasteiger partial charge on any atom is -0.481 e. The quantitative estimate of drug-likeness (QED) is 0.446. The topological polar surface area (TPSA) is 105 Å². The van der Waals surface area contributed by atoms with Gasteiger partial charge >= 0.3 is 12.1 Å². The van der Waals surface area contributed by atoms with Crippen molar-refractivity contribution in [1.29, 1.82) is 0 Å². The Morgan fingerprint density at radius 2 is 1.71 bits per heavy atom. The highest BCUT2D eigenvalue weighted by Gasteiger charge is 2.31. The molecule has 8 heteroatoms. The Hall–Kier alpha value is -3.00. The van der Waals surface area contributed by atoms with Crippen LogP contribution in [0.15, 0.2) is 48.5 Å². The van der Waals surface area contributed by atoms with Crippen molar-refractivity contribution >= 4 is 29.7 Å². The lowest BCUT2D eigenvalue weighted by Crippen LogP contribution is -2.49. The second-order valence-corrected chi connectivity index (χ2v) is 10.6. The molecular weight excluding hydrogens is 464 g/mol. The summed E-state index contributed by atoms with van der Waals surface area (Å²) in [6, 6.07) is 15.2. The molecule has 0 saturated heterocycles. The molecule has 0 heterocycles. The highest BCUT2D eigenvalue weighted by molar-refractivity contribution is 7.99. The lowest BCUT2D eigenvalue weighted by Gasteiger charge is -2.21. The van der Waals surface area contributed by atoms with Crippen LogP contribution in [0, 0.1) is 0 Å². The summed E-state index contributed by atoms with van der Waals surface area (Å²) in [6.07, 6.45) is 1.89. The van der Waals surface area contributed by atoms with Crippen LogP contribution in [0.1, 0.15) is 56.1 Å². The molecule has 2 aliphatic rings. The van der Waals surface area contributed by atoms with E-state index < -0.39 is 18.1 Å². The Balaban J connectivity index is 1.37. The Labute approximate surface area is 210 Å². The Morgan fingerprint density at radius 1 is 1.06 bits per heavy atom. The van der Waals surface area contributed by atoms with Gasteiger partial charge in [0.05, 0.1) is 0 Å². The maximum atomic E-state index is 12.9. The second kappa shape index (κ2) is 11.6. The van der Waals surface area contributed by atoms with Crippen LogP contribution in [0.4, 0.5) is 4.79 Å². The highest BCUT2D eigenvalue weighted by atomic mass is 32.2. The van der Waals surface area contributed by atoms with E-state index in [1.807, 2.05) is 48.2 Å². The third-order valence-corrected chi connectivity index (χ3v) is 7.97. The summed E-state index contributed by atoms with van der Waals surface area (Å²) < 4.78 is 5.57. The van der Waals surface area contributed by atoms with Crippen LogP contribution < -0.4 is 10.6 Å². The number of benzene rings is 2. The fourth-order valence-electron chi connectivity index (χ4n) is 5.08. The molecule has 0 aromatic heterocycles. The zero-order chi connectivity index (χ0) is 24.8. The normalized spacial score (nSPS) is 19.5. The number of carboxylic acids is 1. The molecule has 3 N–H and O–H groups in total. The van der Waals surface area contributed by atoms with Crippen LogP contribution in [-0.4, -0.2) is 52.8 Å². The molecule has 7 nitrogen and oxygen atoms in total. The zero-order valence-corrected chi connectivity index (χ0v) is 20.7. The van der Waals surface area contributed by atoms with E-state index in [2.05, 4.69) is 29.7 Å². The molecule has 0 bridgehead atoms. The average molecular weight is 497 g/mol. The first kappa shape index (κ1) is 25.1.